The zero-order valence-electron chi connectivity index (χ0n) is 12.4. The molecule has 0 aliphatic carbocycles. The Labute approximate surface area is 124 Å². The molecule has 0 fully saturated rings. The van der Waals surface area contributed by atoms with Crippen molar-refractivity contribution < 1.29 is 9.18 Å². The quantitative estimate of drug-likeness (QED) is 0.848. The van der Waals surface area contributed by atoms with E-state index in [-0.39, 0.29) is 11.7 Å². The minimum Gasteiger partial charge on any atom is -0.398 e. The molecular weight excluding hydrogens is 267 g/mol. The standard InChI is InChI=1S/C17H19FN2O/c1-10-8-11(2)16(19)9-14(10)17(21)20-12(3)13-6-4-5-7-15(13)18/h4-9,12H,19H2,1-3H3,(H,20,21). The van der Waals surface area contributed by atoms with Gasteiger partial charge in [-0.05, 0) is 44.0 Å². The molecule has 0 radical (unpaired) electrons. The number of amides is 1. The van der Waals surface area contributed by atoms with Gasteiger partial charge in [-0.2, -0.15) is 0 Å². The van der Waals surface area contributed by atoms with E-state index in [0.29, 0.717) is 16.8 Å². The summed E-state index contributed by atoms with van der Waals surface area (Å²) >= 11 is 0. The van der Waals surface area contributed by atoms with E-state index in [9.17, 15) is 9.18 Å². The maximum Gasteiger partial charge on any atom is 0.252 e. The van der Waals surface area contributed by atoms with Crippen LogP contribution in [0.5, 0.6) is 0 Å². The van der Waals surface area contributed by atoms with Crippen LogP contribution in [0.15, 0.2) is 36.4 Å². The highest BCUT2D eigenvalue weighted by atomic mass is 19.1. The van der Waals surface area contributed by atoms with E-state index in [4.69, 9.17) is 5.73 Å². The van der Waals surface area contributed by atoms with E-state index in [2.05, 4.69) is 5.32 Å². The van der Waals surface area contributed by atoms with Gasteiger partial charge in [-0.15, -0.1) is 0 Å². The molecule has 0 spiro atoms. The summed E-state index contributed by atoms with van der Waals surface area (Å²) in [7, 11) is 0. The van der Waals surface area contributed by atoms with Crippen molar-refractivity contribution in [1.82, 2.24) is 5.32 Å². The average molecular weight is 286 g/mol. The number of rotatable bonds is 3. The van der Waals surface area contributed by atoms with Crippen LogP contribution < -0.4 is 11.1 Å². The number of aryl methyl sites for hydroxylation is 2. The summed E-state index contributed by atoms with van der Waals surface area (Å²) in [5, 5.41) is 2.81. The Morgan fingerprint density at radius 3 is 2.52 bits per heavy atom. The predicted molar refractivity (Wildman–Crippen MR) is 82.6 cm³/mol. The molecule has 2 aromatic carbocycles. The summed E-state index contributed by atoms with van der Waals surface area (Å²) in [5.74, 6) is -0.583. The van der Waals surface area contributed by atoms with Crippen LogP contribution >= 0.6 is 0 Å². The van der Waals surface area contributed by atoms with Crippen LogP contribution in [-0.4, -0.2) is 5.91 Å². The largest absolute Gasteiger partial charge is 0.398 e. The number of benzene rings is 2. The fourth-order valence-electron chi connectivity index (χ4n) is 2.29. The van der Waals surface area contributed by atoms with Gasteiger partial charge in [0.2, 0.25) is 0 Å². The van der Waals surface area contributed by atoms with Crippen molar-refractivity contribution in [3.05, 3.63) is 64.5 Å². The van der Waals surface area contributed by atoms with Crippen molar-refractivity contribution in [2.45, 2.75) is 26.8 Å². The molecule has 110 valence electrons. The monoisotopic (exact) mass is 286 g/mol. The summed E-state index contributed by atoms with van der Waals surface area (Å²) in [6.07, 6.45) is 0. The van der Waals surface area contributed by atoms with Crippen molar-refractivity contribution >= 4 is 11.6 Å². The van der Waals surface area contributed by atoms with E-state index in [1.807, 2.05) is 19.9 Å². The predicted octanol–water partition coefficient (Wildman–Crippen LogP) is 3.52. The zero-order valence-corrected chi connectivity index (χ0v) is 12.4. The number of nitrogens with one attached hydrogen (secondary N) is 1. The number of carbonyl (C=O) groups excluding carboxylic acids is 1. The third kappa shape index (κ3) is 3.21. The second kappa shape index (κ2) is 5.95. The van der Waals surface area contributed by atoms with Gasteiger partial charge in [-0.3, -0.25) is 4.79 Å². The van der Waals surface area contributed by atoms with Gasteiger partial charge >= 0.3 is 0 Å². The maximum absolute atomic E-state index is 13.7. The maximum atomic E-state index is 13.7. The zero-order chi connectivity index (χ0) is 15.6. The third-order valence-corrected chi connectivity index (χ3v) is 3.58. The van der Waals surface area contributed by atoms with E-state index < -0.39 is 6.04 Å². The molecular formula is C17H19FN2O. The van der Waals surface area contributed by atoms with Gasteiger partial charge in [0, 0.05) is 16.8 Å². The Morgan fingerprint density at radius 2 is 1.86 bits per heavy atom. The molecule has 3 N–H and O–H groups in total. The molecule has 2 rings (SSSR count). The number of hydrogen-bond donors (Lipinski definition) is 2. The Morgan fingerprint density at radius 1 is 1.19 bits per heavy atom. The topological polar surface area (TPSA) is 55.1 Å². The average Bonchev–Trinajstić information content (AvgIpc) is 2.43. The minimum atomic E-state index is -0.416. The number of anilines is 1. The first-order valence-electron chi connectivity index (χ1n) is 6.82. The lowest BCUT2D eigenvalue weighted by Crippen LogP contribution is -2.28. The molecule has 2 aromatic rings. The smallest absolute Gasteiger partial charge is 0.252 e. The van der Waals surface area contributed by atoms with E-state index >= 15 is 0 Å². The molecule has 0 heterocycles. The van der Waals surface area contributed by atoms with Crippen LogP contribution in [0, 0.1) is 19.7 Å². The number of nitrogens with two attached hydrogens (primary N) is 1. The molecule has 0 saturated heterocycles. The van der Waals surface area contributed by atoms with Crippen molar-refractivity contribution in [3.8, 4) is 0 Å². The molecule has 0 bridgehead atoms. The Balaban J connectivity index is 2.22. The molecule has 1 amide bonds. The van der Waals surface area contributed by atoms with Gasteiger partial charge in [0.25, 0.3) is 5.91 Å². The van der Waals surface area contributed by atoms with Crippen molar-refractivity contribution in [3.63, 3.8) is 0 Å². The van der Waals surface area contributed by atoms with Crippen LogP contribution in [0.3, 0.4) is 0 Å². The molecule has 0 aliphatic rings. The van der Waals surface area contributed by atoms with Crippen molar-refractivity contribution in [1.29, 1.82) is 0 Å². The third-order valence-electron chi connectivity index (χ3n) is 3.58. The van der Waals surface area contributed by atoms with Gasteiger partial charge in [0.1, 0.15) is 5.82 Å². The van der Waals surface area contributed by atoms with Gasteiger partial charge in [-0.1, -0.05) is 24.3 Å². The SMILES string of the molecule is Cc1cc(C)c(C(=O)NC(C)c2ccccc2F)cc1N. The Bertz CT molecular complexity index is 682. The summed E-state index contributed by atoms with van der Waals surface area (Å²) in [4.78, 5) is 12.3. The Kier molecular flexibility index (Phi) is 4.26. The highest BCUT2D eigenvalue weighted by molar-refractivity contribution is 5.97. The first kappa shape index (κ1) is 15.0. The fourth-order valence-corrected chi connectivity index (χ4v) is 2.29. The van der Waals surface area contributed by atoms with E-state index in [1.165, 1.54) is 6.07 Å². The second-order valence-electron chi connectivity index (χ2n) is 5.24. The first-order chi connectivity index (χ1) is 9.90. The summed E-state index contributed by atoms with van der Waals surface area (Å²) in [6.45, 7) is 5.50. The van der Waals surface area contributed by atoms with Crippen LogP contribution in [0.2, 0.25) is 0 Å². The number of nitrogen functional groups attached to an aromatic ring is 1. The summed E-state index contributed by atoms with van der Waals surface area (Å²) in [5.41, 5.74) is 9.19. The second-order valence-corrected chi connectivity index (χ2v) is 5.24. The summed E-state index contributed by atoms with van der Waals surface area (Å²) in [6, 6.07) is 9.53. The Hall–Kier alpha value is -2.36. The normalized spacial score (nSPS) is 12.0. The number of halogens is 1. The first-order valence-corrected chi connectivity index (χ1v) is 6.82. The molecule has 21 heavy (non-hydrogen) atoms. The molecule has 0 aromatic heterocycles. The van der Waals surface area contributed by atoms with Gasteiger partial charge in [0.05, 0.1) is 6.04 Å². The highest BCUT2D eigenvalue weighted by Crippen LogP contribution is 2.20. The van der Waals surface area contributed by atoms with Crippen LogP contribution in [-0.2, 0) is 0 Å². The number of carbonyl (C=O) groups is 1. The van der Waals surface area contributed by atoms with Crippen LogP contribution in [0.1, 0.15) is 40.0 Å². The summed E-state index contributed by atoms with van der Waals surface area (Å²) < 4.78 is 13.7. The lowest BCUT2D eigenvalue weighted by molar-refractivity contribution is 0.0939. The van der Waals surface area contributed by atoms with E-state index in [0.717, 1.165) is 11.1 Å². The molecule has 4 heteroatoms. The van der Waals surface area contributed by atoms with Crippen LogP contribution in [0.4, 0.5) is 10.1 Å². The lowest BCUT2D eigenvalue weighted by Gasteiger charge is -2.16. The molecule has 0 saturated carbocycles. The van der Waals surface area contributed by atoms with Crippen LogP contribution in [0.25, 0.3) is 0 Å². The van der Waals surface area contributed by atoms with Gasteiger partial charge in [0.15, 0.2) is 0 Å². The van der Waals surface area contributed by atoms with Crippen molar-refractivity contribution in [2.75, 3.05) is 5.73 Å². The molecule has 1 unspecified atom stereocenters. The molecule has 1 atom stereocenters. The minimum absolute atomic E-state index is 0.255. The van der Waals surface area contributed by atoms with E-state index in [1.54, 1.807) is 31.2 Å². The van der Waals surface area contributed by atoms with Crippen molar-refractivity contribution in [2.24, 2.45) is 0 Å². The lowest BCUT2D eigenvalue weighted by atomic mass is 10.0. The van der Waals surface area contributed by atoms with Gasteiger partial charge < -0.3 is 11.1 Å². The number of hydrogen-bond acceptors (Lipinski definition) is 2. The highest BCUT2D eigenvalue weighted by Gasteiger charge is 2.16. The molecule has 3 nitrogen and oxygen atoms in total. The molecule has 0 aliphatic heterocycles. The van der Waals surface area contributed by atoms with Gasteiger partial charge in [-0.25, -0.2) is 4.39 Å². The fraction of sp³-hybridized carbons (Fsp3) is 0.235.